The van der Waals surface area contributed by atoms with E-state index in [1.807, 2.05) is 12.1 Å². The van der Waals surface area contributed by atoms with Gasteiger partial charge < -0.3 is 5.32 Å². The van der Waals surface area contributed by atoms with Crippen LogP contribution in [0.4, 0.5) is 4.79 Å². The highest BCUT2D eigenvalue weighted by Gasteiger charge is 2.47. The van der Waals surface area contributed by atoms with Crippen molar-refractivity contribution in [1.29, 1.82) is 0 Å². The third kappa shape index (κ3) is 2.30. The fourth-order valence-electron chi connectivity index (χ4n) is 2.82. The van der Waals surface area contributed by atoms with E-state index in [4.69, 9.17) is 11.6 Å². The summed E-state index contributed by atoms with van der Waals surface area (Å²) in [6.45, 7) is 0. The van der Waals surface area contributed by atoms with E-state index in [9.17, 15) is 9.59 Å². The first kappa shape index (κ1) is 14.6. The van der Waals surface area contributed by atoms with Crippen LogP contribution in [0.15, 0.2) is 53.9 Å². The van der Waals surface area contributed by atoms with Crippen LogP contribution in [-0.4, -0.2) is 33.7 Å². The fraction of sp³-hybridized carbons (Fsp3) is 0.125. The van der Waals surface area contributed by atoms with Crippen LogP contribution in [0.2, 0.25) is 5.02 Å². The Bertz CT molecular complexity index is 837. The molecule has 1 saturated heterocycles. The maximum Gasteiger partial charge on any atom is 0.330 e. The summed E-state index contributed by atoms with van der Waals surface area (Å²) in [5, 5.41) is 7.62. The summed E-state index contributed by atoms with van der Waals surface area (Å²) in [6.07, 6.45) is 2.98. The number of hydrogen-bond acceptors (Lipinski definition) is 5. The molecule has 2 aliphatic rings. The average Bonchev–Trinajstić information content (AvgIpc) is 3.14. The zero-order valence-corrected chi connectivity index (χ0v) is 13.1. The molecule has 2 unspecified atom stereocenters. The molecule has 8 heteroatoms. The predicted molar refractivity (Wildman–Crippen MR) is 87.5 cm³/mol. The molecule has 1 aromatic carbocycles. The number of aromatic nitrogens is 1. The number of benzene rings is 1. The normalized spacial score (nSPS) is 21.8. The highest BCUT2D eigenvalue weighted by atomic mass is 35.5. The molecule has 2 atom stereocenters. The number of fused-ring (bicyclic) bond motifs is 1. The molecule has 0 spiro atoms. The van der Waals surface area contributed by atoms with Gasteiger partial charge in [0.1, 0.15) is 6.04 Å². The number of urea groups is 1. The van der Waals surface area contributed by atoms with Gasteiger partial charge in [0, 0.05) is 17.4 Å². The van der Waals surface area contributed by atoms with Crippen molar-refractivity contribution in [2.24, 2.45) is 5.10 Å². The monoisotopic (exact) mass is 341 g/mol. The Hall–Kier alpha value is -2.93. The number of rotatable bonds is 2. The lowest BCUT2D eigenvalue weighted by Crippen LogP contribution is -2.37. The molecule has 4 rings (SSSR count). The van der Waals surface area contributed by atoms with E-state index >= 15 is 0 Å². The van der Waals surface area contributed by atoms with Gasteiger partial charge in [0.05, 0.1) is 11.6 Å². The number of imide groups is 1. The SMILES string of the molecule is O=C1NC2C(=NNC2c2ccc(Cl)cc2)N1C(=O)c1cccnc1. The highest BCUT2D eigenvalue weighted by Crippen LogP contribution is 2.28. The molecule has 24 heavy (non-hydrogen) atoms. The van der Waals surface area contributed by atoms with Crippen LogP contribution in [0, 0.1) is 0 Å². The molecule has 3 amide bonds. The third-order valence-electron chi connectivity index (χ3n) is 3.98. The maximum atomic E-state index is 12.6. The van der Waals surface area contributed by atoms with E-state index in [2.05, 4.69) is 20.8 Å². The van der Waals surface area contributed by atoms with E-state index in [1.54, 1.807) is 30.5 Å². The topological polar surface area (TPSA) is 86.7 Å². The fourth-order valence-corrected chi connectivity index (χ4v) is 2.95. The number of nitrogens with zero attached hydrogens (tertiary/aromatic N) is 3. The molecule has 7 nitrogen and oxygen atoms in total. The largest absolute Gasteiger partial charge is 0.330 e. The predicted octanol–water partition coefficient (Wildman–Crippen LogP) is 1.93. The number of carbonyl (C=O) groups is 2. The van der Waals surface area contributed by atoms with Gasteiger partial charge in [0.2, 0.25) is 0 Å². The van der Waals surface area contributed by atoms with Crippen LogP contribution in [-0.2, 0) is 0 Å². The van der Waals surface area contributed by atoms with Gasteiger partial charge in [-0.25, -0.2) is 9.69 Å². The first-order chi connectivity index (χ1) is 11.6. The minimum atomic E-state index is -0.493. The molecule has 0 bridgehead atoms. The van der Waals surface area contributed by atoms with Crippen molar-refractivity contribution in [2.45, 2.75) is 12.1 Å². The summed E-state index contributed by atoms with van der Waals surface area (Å²) in [7, 11) is 0. The lowest BCUT2D eigenvalue weighted by Gasteiger charge is -2.16. The Labute approximate surface area is 142 Å². The number of amides is 3. The quantitative estimate of drug-likeness (QED) is 0.873. The molecule has 1 fully saturated rings. The van der Waals surface area contributed by atoms with Gasteiger partial charge in [0.25, 0.3) is 5.91 Å². The Morgan fingerprint density at radius 1 is 1.17 bits per heavy atom. The van der Waals surface area contributed by atoms with Crippen LogP contribution < -0.4 is 10.7 Å². The molecule has 0 radical (unpaired) electrons. The van der Waals surface area contributed by atoms with Gasteiger partial charge in [-0.15, -0.1) is 0 Å². The summed E-state index contributed by atoms with van der Waals surface area (Å²) in [6, 6.07) is 9.34. The molecule has 2 aliphatic heterocycles. The summed E-state index contributed by atoms with van der Waals surface area (Å²) < 4.78 is 0. The lowest BCUT2D eigenvalue weighted by atomic mass is 10.0. The van der Waals surface area contributed by atoms with Crippen molar-refractivity contribution in [1.82, 2.24) is 20.6 Å². The van der Waals surface area contributed by atoms with Crippen molar-refractivity contribution >= 4 is 29.4 Å². The number of amidine groups is 1. The van der Waals surface area contributed by atoms with Gasteiger partial charge in [-0.3, -0.25) is 15.2 Å². The molecular weight excluding hydrogens is 330 g/mol. The smallest absolute Gasteiger partial charge is 0.325 e. The van der Waals surface area contributed by atoms with Crippen LogP contribution in [0.3, 0.4) is 0 Å². The second-order valence-electron chi connectivity index (χ2n) is 5.44. The van der Waals surface area contributed by atoms with E-state index in [1.165, 1.54) is 6.20 Å². The van der Waals surface area contributed by atoms with Crippen molar-refractivity contribution in [3.8, 4) is 0 Å². The Balaban J connectivity index is 1.62. The minimum Gasteiger partial charge on any atom is -0.325 e. The average molecular weight is 342 g/mol. The van der Waals surface area contributed by atoms with Crippen molar-refractivity contribution in [3.63, 3.8) is 0 Å². The second-order valence-corrected chi connectivity index (χ2v) is 5.87. The Kier molecular flexibility index (Phi) is 3.42. The van der Waals surface area contributed by atoms with Gasteiger partial charge in [-0.1, -0.05) is 23.7 Å². The maximum absolute atomic E-state index is 12.6. The Morgan fingerprint density at radius 3 is 2.67 bits per heavy atom. The molecule has 120 valence electrons. The number of hydrazone groups is 1. The molecule has 1 aromatic heterocycles. The zero-order valence-electron chi connectivity index (χ0n) is 12.3. The lowest BCUT2D eigenvalue weighted by molar-refractivity contribution is 0.0881. The molecular formula is C16H12ClN5O2. The van der Waals surface area contributed by atoms with Crippen molar-refractivity contribution < 1.29 is 9.59 Å². The summed E-state index contributed by atoms with van der Waals surface area (Å²) in [4.78, 5) is 29.8. The van der Waals surface area contributed by atoms with Crippen LogP contribution in [0.5, 0.6) is 0 Å². The third-order valence-corrected chi connectivity index (χ3v) is 4.23. The first-order valence-corrected chi connectivity index (χ1v) is 7.66. The molecule has 0 aliphatic carbocycles. The van der Waals surface area contributed by atoms with Crippen molar-refractivity contribution in [2.75, 3.05) is 0 Å². The van der Waals surface area contributed by atoms with Crippen LogP contribution >= 0.6 is 11.6 Å². The molecule has 2 N–H and O–H groups in total. The number of halogens is 1. The molecule has 0 saturated carbocycles. The Morgan fingerprint density at radius 2 is 1.96 bits per heavy atom. The summed E-state index contributed by atoms with van der Waals surface area (Å²) in [5.41, 5.74) is 4.21. The van der Waals surface area contributed by atoms with E-state index in [0.29, 0.717) is 16.4 Å². The molecule has 3 heterocycles. The zero-order chi connectivity index (χ0) is 16.7. The standard InChI is InChI=1S/C16H12ClN5O2/c17-11-5-3-9(4-6-11)12-13-14(21-20-12)22(16(24)19-13)15(23)10-2-1-7-18-8-10/h1-8,12-13,20H,(H,19,24). The van der Waals surface area contributed by atoms with Crippen LogP contribution in [0.1, 0.15) is 22.0 Å². The number of hydrogen-bond donors (Lipinski definition) is 2. The first-order valence-electron chi connectivity index (χ1n) is 7.29. The van der Waals surface area contributed by atoms with Gasteiger partial charge in [-0.05, 0) is 29.8 Å². The van der Waals surface area contributed by atoms with Gasteiger partial charge in [0.15, 0.2) is 5.84 Å². The summed E-state index contributed by atoms with van der Waals surface area (Å²) in [5.74, 6) is -0.103. The van der Waals surface area contributed by atoms with E-state index in [0.717, 1.165) is 10.5 Å². The van der Waals surface area contributed by atoms with Crippen molar-refractivity contribution in [3.05, 3.63) is 64.9 Å². The number of carbonyl (C=O) groups excluding carboxylic acids is 2. The summed E-state index contributed by atoms with van der Waals surface area (Å²) >= 11 is 5.91. The second kappa shape index (κ2) is 5.61. The van der Waals surface area contributed by atoms with Crippen LogP contribution in [0.25, 0.3) is 0 Å². The van der Waals surface area contributed by atoms with Gasteiger partial charge in [-0.2, -0.15) is 5.10 Å². The highest BCUT2D eigenvalue weighted by molar-refractivity contribution is 6.30. The van der Waals surface area contributed by atoms with E-state index in [-0.39, 0.29) is 6.04 Å². The molecule has 2 aromatic rings. The minimum absolute atomic E-state index is 0.257. The van der Waals surface area contributed by atoms with Gasteiger partial charge >= 0.3 is 6.03 Å². The number of pyridine rings is 1. The number of nitrogens with one attached hydrogen (secondary N) is 2. The van der Waals surface area contributed by atoms with E-state index < -0.39 is 18.0 Å².